The molecule has 1 aliphatic heterocycles. The van der Waals surface area contributed by atoms with E-state index >= 15 is 0 Å². The van der Waals surface area contributed by atoms with Crippen molar-refractivity contribution in [2.75, 3.05) is 13.1 Å². The zero-order chi connectivity index (χ0) is 14.5. The van der Waals surface area contributed by atoms with Gasteiger partial charge < -0.3 is 10.6 Å². The molecule has 4 heteroatoms. The van der Waals surface area contributed by atoms with Gasteiger partial charge in [-0.3, -0.25) is 4.79 Å². The maximum absolute atomic E-state index is 12.2. The van der Waals surface area contributed by atoms with Crippen molar-refractivity contribution < 1.29 is 4.79 Å². The van der Waals surface area contributed by atoms with Gasteiger partial charge in [0.25, 0.3) is 5.91 Å². The normalized spacial score (nSPS) is 22.1. The highest BCUT2D eigenvalue weighted by molar-refractivity contribution is 5.94. The zero-order valence-electron chi connectivity index (χ0n) is 13.1. The Labute approximate surface area is 139 Å². The Morgan fingerprint density at radius 3 is 2.41 bits per heavy atom. The molecule has 2 aliphatic rings. The summed E-state index contributed by atoms with van der Waals surface area (Å²) in [7, 11) is 0. The van der Waals surface area contributed by atoms with E-state index in [0.717, 1.165) is 18.7 Å². The van der Waals surface area contributed by atoms with Gasteiger partial charge in [-0.25, -0.2) is 0 Å². The van der Waals surface area contributed by atoms with Crippen molar-refractivity contribution in [3.8, 4) is 0 Å². The van der Waals surface area contributed by atoms with Gasteiger partial charge in [0.2, 0.25) is 0 Å². The Morgan fingerprint density at radius 2 is 1.77 bits per heavy atom. The molecule has 3 rings (SSSR count). The maximum Gasteiger partial charge on any atom is 0.251 e. The standard InChI is InChI=1S/C18H26N2O.ClH/c21-18(20-13-17-7-4-12-19-17)16-10-8-15(9-11-16)14-5-2-1-3-6-14;/h8-11,14,17,19H,1-7,12-13H2,(H,20,21);1H. The van der Waals surface area contributed by atoms with Crippen molar-refractivity contribution in [3.63, 3.8) is 0 Å². The summed E-state index contributed by atoms with van der Waals surface area (Å²) in [5.41, 5.74) is 2.19. The molecule has 1 aromatic rings. The molecule has 1 unspecified atom stereocenters. The summed E-state index contributed by atoms with van der Waals surface area (Å²) in [5.74, 6) is 0.762. The van der Waals surface area contributed by atoms with Gasteiger partial charge in [-0.2, -0.15) is 0 Å². The lowest BCUT2D eigenvalue weighted by atomic mass is 9.84. The van der Waals surface area contributed by atoms with E-state index in [1.165, 1.54) is 50.5 Å². The number of benzene rings is 1. The van der Waals surface area contributed by atoms with Crippen molar-refractivity contribution in [2.24, 2.45) is 0 Å². The van der Waals surface area contributed by atoms with Crippen molar-refractivity contribution in [3.05, 3.63) is 35.4 Å². The third-order valence-corrected chi connectivity index (χ3v) is 4.92. The first-order valence-corrected chi connectivity index (χ1v) is 8.44. The predicted octanol–water partition coefficient (Wildman–Crippen LogP) is 3.64. The Kier molecular flexibility index (Phi) is 6.71. The number of hydrogen-bond acceptors (Lipinski definition) is 2. The number of carbonyl (C=O) groups is 1. The van der Waals surface area contributed by atoms with Crippen LogP contribution in [0, 0.1) is 0 Å². The zero-order valence-corrected chi connectivity index (χ0v) is 14.0. The molecule has 122 valence electrons. The first-order valence-electron chi connectivity index (χ1n) is 8.44. The van der Waals surface area contributed by atoms with Crippen LogP contribution in [0.3, 0.4) is 0 Å². The second-order valence-electron chi connectivity index (χ2n) is 6.46. The summed E-state index contributed by atoms with van der Waals surface area (Å²) < 4.78 is 0. The Morgan fingerprint density at radius 1 is 1.05 bits per heavy atom. The van der Waals surface area contributed by atoms with E-state index < -0.39 is 0 Å². The molecule has 0 spiro atoms. The van der Waals surface area contributed by atoms with E-state index in [9.17, 15) is 4.79 Å². The largest absolute Gasteiger partial charge is 0.350 e. The SMILES string of the molecule is Cl.O=C(NCC1CCCN1)c1ccc(C2CCCCC2)cc1. The summed E-state index contributed by atoms with van der Waals surface area (Å²) in [6.07, 6.45) is 9.07. The molecule has 0 radical (unpaired) electrons. The van der Waals surface area contributed by atoms with Crippen LogP contribution in [0.2, 0.25) is 0 Å². The monoisotopic (exact) mass is 322 g/mol. The van der Waals surface area contributed by atoms with Crippen molar-refractivity contribution in [2.45, 2.75) is 56.9 Å². The molecule has 1 aromatic carbocycles. The maximum atomic E-state index is 12.2. The lowest BCUT2D eigenvalue weighted by Crippen LogP contribution is -2.37. The van der Waals surface area contributed by atoms with Gasteiger partial charge in [0.05, 0.1) is 0 Å². The topological polar surface area (TPSA) is 41.1 Å². The van der Waals surface area contributed by atoms with E-state index in [1.54, 1.807) is 0 Å². The fraction of sp³-hybridized carbons (Fsp3) is 0.611. The summed E-state index contributed by atoms with van der Waals surface area (Å²) >= 11 is 0. The fourth-order valence-corrected chi connectivity index (χ4v) is 3.59. The number of halogens is 1. The first kappa shape index (κ1) is 17.3. The highest BCUT2D eigenvalue weighted by atomic mass is 35.5. The average molecular weight is 323 g/mol. The van der Waals surface area contributed by atoms with Crippen LogP contribution < -0.4 is 10.6 Å². The summed E-state index contributed by atoms with van der Waals surface area (Å²) in [6.45, 7) is 1.82. The van der Waals surface area contributed by atoms with Gasteiger partial charge in [-0.1, -0.05) is 31.4 Å². The lowest BCUT2D eigenvalue weighted by Gasteiger charge is -2.22. The molecule has 22 heavy (non-hydrogen) atoms. The van der Waals surface area contributed by atoms with Crippen LogP contribution in [0.4, 0.5) is 0 Å². The highest BCUT2D eigenvalue weighted by Gasteiger charge is 2.17. The molecule has 2 fully saturated rings. The van der Waals surface area contributed by atoms with E-state index in [0.29, 0.717) is 12.0 Å². The van der Waals surface area contributed by atoms with Crippen molar-refractivity contribution in [1.29, 1.82) is 0 Å². The van der Waals surface area contributed by atoms with Gasteiger partial charge in [-0.15, -0.1) is 12.4 Å². The molecule has 2 N–H and O–H groups in total. The molecular weight excluding hydrogens is 296 g/mol. The van der Waals surface area contributed by atoms with E-state index in [4.69, 9.17) is 0 Å². The molecule has 0 bridgehead atoms. The van der Waals surface area contributed by atoms with E-state index in [2.05, 4.69) is 22.8 Å². The number of rotatable bonds is 4. The second-order valence-corrected chi connectivity index (χ2v) is 6.46. The summed E-state index contributed by atoms with van der Waals surface area (Å²) in [6, 6.07) is 8.73. The van der Waals surface area contributed by atoms with Crippen molar-refractivity contribution >= 4 is 18.3 Å². The smallest absolute Gasteiger partial charge is 0.251 e. The van der Waals surface area contributed by atoms with Gasteiger partial charge >= 0.3 is 0 Å². The quantitative estimate of drug-likeness (QED) is 0.888. The third kappa shape index (κ3) is 4.47. The first-order chi connectivity index (χ1) is 10.3. The summed E-state index contributed by atoms with van der Waals surface area (Å²) in [4.78, 5) is 12.2. The predicted molar refractivity (Wildman–Crippen MR) is 92.9 cm³/mol. The minimum atomic E-state index is 0. The minimum absolute atomic E-state index is 0. The van der Waals surface area contributed by atoms with E-state index in [1.807, 2.05) is 12.1 Å². The molecule has 0 aromatic heterocycles. The van der Waals surface area contributed by atoms with Crippen LogP contribution in [0.5, 0.6) is 0 Å². The van der Waals surface area contributed by atoms with Crippen LogP contribution in [0.1, 0.15) is 66.8 Å². The van der Waals surface area contributed by atoms with Crippen LogP contribution in [0.15, 0.2) is 24.3 Å². The molecule has 1 amide bonds. The van der Waals surface area contributed by atoms with Gasteiger partial charge in [0, 0.05) is 18.2 Å². The van der Waals surface area contributed by atoms with Gasteiger partial charge in [-0.05, 0) is 55.8 Å². The highest BCUT2D eigenvalue weighted by Crippen LogP contribution is 2.32. The number of nitrogens with one attached hydrogen (secondary N) is 2. The van der Waals surface area contributed by atoms with Crippen molar-refractivity contribution in [1.82, 2.24) is 10.6 Å². The Bertz CT molecular complexity index is 462. The average Bonchev–Trinajstić information content (AvgIpc) is 3.07. The molecule has 3 nitrogen and oxygen atoms in total. The van der Waals surface area contributed by atoms with Crippen LogP contribution >= 0.6 is 12.4 Å². The van der Waals surface area contributed by atoms with Crippen LogP contribution in [0.25, 0.3) is 0 Å². The Balaban J connectivity index is 0.00000176. The van der Waals surface area contributed by atoms with Crippen LogP contribution in [-0.4, -0.2) is 25.0 Å². The summed E-state index contributed by atoms with van der Waals surface area (Å²) in [5, 5.41) is 6.44. The molecule has 1 saturated carbocycles. The number of carbonyl (C=O) groups excluding carboxylic acids is 1. The molecule has 1 heterocycles. The lowest BCUT2D eigenvalue weighted by molar-refractivity contribution is 0.0950. The van der Waals surface area contributed by atoms with E-state index in [-0.39, 0.29) is 18.3 Å². The third-order valence-electron chi connectivity index (χ3n) is 4.92. The van der Waals surface area contributed by atoms with Crippen LogP contribution in [-0.2, 0) is 0 Å². The van der Waals surface area contributed by atoms with Gasteiger partial charge in [0.1, 0.15) is 0 Å². The number of hydrogen-bond donors (Lipinski definition) is 2. The number of amides is 1. The van der Waals surface area contributed by atoms with Gasteiger partial charge in [0.15, 0.2) is 0 Å². The molecule has 1 aliphatic carbocycles. The fourth-order valence-electron chi connectivity index (χ4n) is 3.59. The molecular formula is C18H27ClN2O. The minimum Gasteiger partial charge on any atom is -0.350 e. The second kappa shape index (κ2) is 8.54. The molecule has 1 atom stereocenters. The molecule has 1 saturated heterocycles. The Hall–Kier alpha value is -1.06.